The zero-order valence-electron chi connectivity index (χ0n) is 21.4. The zero-order valence-corrected chi connectivity index (χ0v) is 23.2. The maximum Gasteiger partial charge on any atom is 1.00 e. The van der Waals surface area contributed by atoms with Crippen molar-refractivity contribution in [1.29, 1.82) is 0 Å². The average Bonchev–Trinajstić information content (AvgIpc) is 3.01. The van der Waals surface area contributed by atoms with Gasteiger partial charge in [-0.25, -0.2) is 0 Å². The molecule has 3 saturated carbocycles. The molecule has 35 heavy (non-hydrogen) atoms. The molecule has 0 aromatic heterocycles. The Morgan fingerprint density at radius 3 is 2.60 bits per heavy atom. The van der Waals surface area contributed by atoms with Gasteiger partial charge in [-0.05, 0) is 56.1 Å². The molecule has 11 heteroatoms. The van der Waals surface area contributed by atoms with E-state index >= 15 is 0 Å². The third-order valence-electron chi connectivity index (χ3n) is 9.04. The number of fused-ring (bicyclic) bond motifs is 5. The molecule has 0 bridgehead atoms. The number of ketones is 2. The predicted octanol–water partition coefficient (Wildman–Crippen LogP) is -1.50. The average molecular weight is 521 g/mol. The quantitative estimate of drug-likeness (QED) is 0.216. The van der Waals surface area contributed by atoms with Crippen LogP contribution >= 0.6 is 0 Å². The molecule has 3 N–H and O–H groups in total. The van der Waals surface area contributed by atoms with Crippen molar-refractivity contribution < 1.29 is 73.3 Å². The third-order valence-corrected chi connectivity index (χ3v) is 9.76. The van der Waals surface area contributed by atoms with E-state index in [0.29, 0.717) is 12.8 Å². The molecule has 4 aliphatic rings. The Bertz CT molecular complexity index is 1090. The molecule has 0 radical (unpaired) electrons. The van der Waals surface area contributed by atoms with Crippen molar-refractivity contribution in [3.63, 3.8) is 0 Å². The molecule has 4 rings (SSSR count). The number of ether oxygens (including phenoxy) is 1. The molecule has 3 fully saturated rings. The van der Waals surface area contributed by atoms with Gasteiger partial charge in [-0.15, -0.1) is 0 Å². The summed E-state index contributed by atoms with van der Waals surface area (Å²) in [5.41, 5.74) is -2.14. The predicted molar refractivity (Wildman–Crippen MR) is 121 cm³/mol. The number of esters is 1. The molecular formula is C24H33NaO9S. The van der Waals surface area contributed by atoms with Gasteiger partial charge in [0.2, 0.25) is 5.78 Å². The molecule has 0 aromatic carbocycles. The molecule has 0 spiro atoms. The van der Waals surface area contributed by atoms with Crippen LogP contribution in [0.3, 0.4) is 0 Å². The van der Waals surface area contributed by atoms with Gasteiger partial charge in [0.1, 0.15) is 5.60 Å². The molecule has 0 aliphatic heterocycles. The molecule has 190 valence electrons. The Hall–Kier alpha value is -0.880. The second-order valence-electron chi connectivity index (χ2n) is 10.7. The van der Waals surface area contributed by atoms with Gasteiger partial charge in [-0.2, -0.15) is 8.42 Å². The van der Waals surface area contributed by atoms with E-state index in [1.54, 1.807) is 12.2 Å². The van der Waals surface area contributed by atoms with Crippen molar-refractivity contribution in [2.24, 2.45) is 28.6 Å². The first-order valence-corrected chi connectivity index (χ1v) is 13.3. The molecular weight excluding hydrogens is 487 g/mol. The van der Waals surface area contributed by atoms with E-state index in [1.807, 2.05) is 19.9 Å². The number of rotatable bonds is 6. The summed E-state index contributed by atoms with van der Waals surface area (Å²) in [6.07, 6.45) is 6.14. The first kappa shape index (κ1) is 28.7. The smallest absolute Gasteiger partial charge is 1.00 e. The van der Waals surface area contributed by atoms with Crippen LogP contribution in [-0.2, 0) is 29.2 Å². The fourth-order valence-electron chi connectivity index (χ4n) is 7.34. The van der Waals surface area contributed by atoms with Crippen LogP contribution in [0.4, 0.5) is 0 Å². The van der Waals surface area contributed by atoms with Crippen LogP contribution in [0.25, 0.3) is 0 Å². The monoisotopic (exact) mass is 520 g/mol. The van der Waals surface area contributed by atoms with Gasteiger partial charge in [0, 0.05) is 16.7 Å². The summed E-state index contributed by atoms with van der Waals surface area (Å²) in [4.78, 5) is 36.8. The first-order chi connectivity index (χ1) is 15.7. The number of allylic oxidation sites excluding steroid dienone is 4. The second kappa shape index (κ2) is 9.78. The number of carbonyl (C=O) groups is 3. The van der Waals surface area contributed by atoms with Crippen molar-refractivity contribution in [3.8, 4) is 0 Å². The van der Waals surface area contributed by atoms with Crippen LogP contribution in [0, 0.1) is 28.6 Å². The van der Waals surface area contributed by atoms with Crippen LogP contribution in [0.2, 0.25) is 0 Å². The third kappa shape index (κ3) is 4.87. The maximum atomic E-state index is 13.1. The van der Waals surface area contributed by atoms with Crippen LogP contribution in [0.1, 0.15) is 53.8 Å². The van der Waals surface area contributed by atoms with Crippen molar-refractivity contribution in [2.45, 2.75) is 64.1 Å². The first-order valence-electron chi connectivity index (χ1n) is 11.7. The Balaban J connectivity index is 0.00000228. The zero-order chi connectivity index (χ0) is 25.1. The minimum atomic E-state index is -4.34. The standard InChI is InChI=1S/C24H32O9S.Na.H/c1-22-8-5-15(25)11-14(22)3-4-16-17-6-9-24(29,23(17,2)12-18(26)21(16)22)19(27)13-33-20(28)7-10-34(30,31)32;;/h5,8,11,16-18,21,26,29H,3-4,6-7,9-10,12-13H2,1-2H3,(H,30,31,32);;/q;+1;-1/t16-,17-,18-,21+,22-,23-,24-;;/m0../s1. The molecule has 0 amide bonds. The SMILES string of the molecule is C[C@]12C=CC(=O)C=C1CC[C@@H]1[C@@H]2[C@@H](O)C[C@@]2(C)[C@H]1CC[C@]2(O)C(=O)COC(=O)CCS(=O)(=O)O.[H-].[Na+]. The topological polar surface area (TPSA) is 155 Å². The van der Waals surface area contributed by atoms with E-state index in [2.05, 4.69) is 0 Å². The van der Waals surface area contributed by atoms with E-state index in [9.17, 15) is 33.0 Å². The summed E-state index contributed by atoms with van der Waals surface area (Å²) in [5, 5.41) is 22.9. The van der Waals surface area contributed by atoms with Crippen molar-refractivity contribution in [1.82, 2.24) is 0 Å². The van der Waals surface area contributed by atoms with Crippen LogP contribution < -0.4 is 29.6 Å². The Morgan fingerprint density at radius 1 is 1.26 bits per heavy atom. The van der Waals surface area contributed by atoms with E-state index < -0.39 is 63.2 Å². The molecule has 0 saturated heterocycles. The van der Waals surface area contributed by atoms with Gasteiger partial charge < -0.3 is 16.4 Å². The molecule has 4 aliphatic carbocycles. The minimum absolute atomic E-state index is 0. The number of aliphatic hydroxyl groups excluding tert-OH is 1. The number of hydrogen-bond donors (Lipinski definition) is 3. The number of hydrogen-bond acceptors (Lipinski definition) is 8. The second-order valence-corrected chi connectivity index (χ2v) is 12.3. The van der Waals surface area contributed by atoms with Crippen LogP contribution in [0.5, 0.6) is 0 Å². The molecule has 0 aromatic rings. The number of aliphatic hydroxyl groups is 2. The number of Topliss-reactive ketones (excluding diaryl/α,β-unsaturated/α-hetero) is 1. The van der Waals surface area contributed by atoms with Crippen molar-refractivity contribution in [3.05, 3.63) is 23.8 Å². The van der Waals surface area contributed by atoms with E-state index in [4.69, 9.17) is 9.29 Å². The molecule has 7 atom stereocenters. The Kier molecular flexibility index (Phi) is 8.01. The summed E-state index contributed by atoms with van der Waals surface area (Å²) < 4.78 is 35.2. The minimum Gasteiger partial charge on any atom is -1.00 e. The Morgan fingerprint density at radius 2 is 1.94 bits per heavy atom. The van der Waals surface area contributed by atoms with Gasteiger partial charge >= 0.3 is 35.5 Å². The van der Waals surface area contributed by atoms with Crippen LogP contribution in [0.15, 0.2) is 23.8 Å². The van der Waals surface area contributed by atoms with Crippen molar-refractivity contribution in [2.75, 3.05) is 12.4 Å². The fraction of sp³-hybridized carbons (Fsp3) is 0.708. The van der Waals surface area contributed by atoms with E-state index in [-0.39, 0.29) is 67.4 Å². The summed E-state index contributed by atoms with van der Waals surface area (Å²) in [7, 11) is -4.34. The molecule has 9 nitrogen and oxygen atoms in total. The summed E-state index contributed by atoms with van der Waals surface area (Å²) in [6.45, 7) is 3.15. The number of carbonyl (C=O) groups excluding carboxylic acids is 3. The van der Waals surface area contributed by atoms with Gasteiger partial charge in [0.15, 0.2) is 12.4 Å². The van der Waals surface area contributed by atoms with Gasteiger partial charge in [0.05, 0.1) is 18.3 Å². The van der Waals surface area contributed by atoms with E-state index in [0.717, 1.165) is 12.0 Å². The van der Waals surface area contributed by atoms with Crippen molar-refractivity contribution >= 4 is 27.7 Å². The summed E-state index contributed by atoms with van der Waals surface area (Å²) in [6, 6.07) is 0. The Labute approximate surface area is 228 Å². The maximum absolute atomic E-state index is 13.1. The molecule has 0 unspecified atom stereocenters. The normalized spacial score (nSPS) is 40.0. The van der Waals surface area contributed by atoms with Gasteiger partial charge in [-0.3, -0.25) is 18.9 Å². The fourth-order valence-corrected chi connectivity index (χ4v) is 7.76. The van der Waals surface area contributed by atoms with Gasteiger partial charge in [-0.1, -0.05) is 25.5 Å². The van der Waals surface area contributed by atoms with E-state index in [1.165, 1.54) is 0 Å². The summed E-state index contributed by atoms with van der Waals surface area (Å²) in [5.74, 6) is -2.61. The van der Waals surface area contributed by atoms with Crippen LogP contribution in [-0.4, -0.2) is 64.8 Å². The largest absolute Gasteiger partial charge is 1.00 e. The molecule has 0 heterocycles. The summed E-state index contributed by atoms with van der Waals surface area (Å²) >= 11 is 0. The van der Waals surface area contributed by atoms with Gasteiger partial charge in [0.25, 0.3) is 10.1 Å².